The zero-order chi connectivity index (χ0) is 12.2. The normalized spacial score (nSPS) is 17.1. The van der Waals surface area contributed by atoms with E-state index in [1.807, 2.05) is 0 Å². The van der Waals surface area contributed by atoms with Crippen LogP contribution in [0.3, 0.4) is 0 Å². The molecular weight excluding hydrogens is 327 g/mol. The van der Waals surface area contributed by atoms with Crippen molar-refractivity contribution in [1.82, 2.24) is 0 Å². The number of halogens is 1. The van der Waals surface area contributed by atoms with Crippen LogP contribution in [0.2, 0.25) is 19.6 Å². The quantitative estimate of drug-likeness (QED) is 0.418. The highest BCUT2D eigenvalue weighted by Gasteiger charge is 2.17. The number of carbonyl (C=O) groups is 1. The van der Waals surface area contributed by atoms with Crippen molar-refractivity contribution in [3.05, 3.63) is 9.15 Å². The lowest BCUT2D eigenvalue weighted by Gasteiger charge is -2.14. The highest BCUT2D eigenvalue weighted by atomic mass is 127. The Kier molecular flexibility index (Phi) is 5.26. The summed E-state index contributed by atoms with van der Waals surface area (Å²) in [7, 11) is -1.22. The molecule has 0 saturated carbocycles. The van der Waals surface area contributed by atoms with Gasteiger partial charge in [-0.3, -0.25) is 4.79 Å². The largest absolute Gasteiger partial charge is 0.294 e. The third-order valence-electron chi connectivity index (χ3n) is 2.45. The number of allylic oxidation sites excluding steroid dienone is 2. The van der Waals surface area contributed by atoms with Crippen LogP contribution in [-0.4, -0.2) is 13.9 Å². The number of ketones is 1. The Morgan fingerprint density at radius 2 is 2.00 bits per heavy atom. The molecule has 0 fully saturated rings. The summed E-state index contributed by atoms with van der Waals surface area (Å²) >= 11 is 2.20. The van der Waals surface area contributed by atoms with Gasteiger partial charge in [0.25, 0.3) is 0 Å². The Balaban J connectivity index is 2.52. The first kappa shape index (κ1) is 14.0. The molecule has 0 aromatic carbocycles. The van der Waals surface area contributed by atoms with Crippen LogP contribution in [0, 0.1) is 11.5 Å². The van der Waals surface area contributed by atoms with Gasteiger partial charge in [-0.2, -0.15) is 0 Å². The van der Waals surface area contributed by atoms with Crippen LogP contribution in [0.5, 0.6) is 0 Å². The lowest BCUT2D eigenvalue weighted by Crippen LogP contribution is -2.16. The topological polar surface area (TPSA) is 17.1 Å². The number of rotatable bonds is 2. The van der Waals surface area contributed by atoms with Crippen LogP contribution in [0.25, 0.3) is 0 Å². The zero-order valence-electron chi connectivity index (χ0n) is 10.3. The maximum Gasteiger partial charge on any atom is 0.168 e. The molecule has 0 bridgehead atoms. The first-order chi connectivity index (χ1) is 7.40. The smallest absolute Gasteiger partial charge is 0.168 e. The summed E-state index contributed by atoms with van der Waals surface area (Å²) in [6.45, 7) is 6.77. The van der Waals surface area contributed by atoms with E-state index in [2.05, 4.69) is 53.7 Å². The van der Waals surface area contributed by atoms with Gasteiger partial charge in [0, 0.05) is 12.8 Å². The molecule has 3 heteroatoms. The van der Waals surface area contributed by atoms with Gasteiger partial charge in [0.1, 0.15) is 8.07 Å². The van der Waals surface area contributed by atoms with E-state index in [1.165, 1.54) is 5.57 Å². The van der Waals surface area contributed by atoms with Gasteiger partial charge in [0.15, 0.2) is 5.78 Å². The summed E-state index contributed by atoms with van der Waals surface area (Å²) in [4.78, 5) is 11.5. The predicted molar refractivity (Wildman–Crippen MR) is 80.3 cm³/mol. The molecule has 1 aliphatic rings. The summed E-state index contributed by atoms with van der Waals surface area (Å²) in [6.07, 6.45) is 4.77. The van der Waals surface area contributed by atoms with E-state index in [4.69, 9.17) is 0 Å². The summed E-state index contributed by atoms with van der Waals surface area (Å²) in [5.41, 5.74) is 4.70. The van der Waals surface area contributed by atoms with E-state index >= 15 is 0 Å². The number of Topliss-reactive ketones (excluding diaryl/α,β-unsaturated/α-hetero) is 1. The van der Waals surface area contributed by atoms with Crippen LogP contribution < -0.4 is 0 Å². The van der Waals surface area contributed by atoms with Crippen molar-refractivity contribution in [3.8, 4) is 11.5 Å². The summed E-state index contributed by atoms with van der Waals surface area (Å²) in [5, 5.41) is 0. The van der Waals surface area contributed by atoms with Gasteiger partial charge in [0.05, 0.1) is 3.58 Å². The molecule has 0 aromatic rings. The van der Waals surface area contributed by atoms with Gasteiger partial charge in [-0.25, -0.2) is 0 Å². The lowest BCUT2D eigenvalue weighted by atomic mass is 9.95. The number of carbonyl (C=O) groups excluding carboxylic acids is 1. The second kappa shape index (κ2) is 6.01. The second-order valence-electron chi connectivity index (χ2n) is 5.25. The molecule has 88 valence electrons. The van der Waals surface area contributed by atoms with E-state index in [1.54, 1.807) is 0 Å². The van der Waals surface area contributed by atoms with E-state index in [0.717, 1.165) is 35.7 Å². The summed E-state index contributed by atoms with van der Waals surface area (Å²) in [6, 6.07) is 0. The minimum Gasteiger partial charge on any atom is -0.294 e. The van der Waals surface area contributed by atoms with Crippen LogP contribution in [-0.2, 0) is 4.79 Å². The van der Waals surface area contributed by atoms with Crippen LogP contribution >= 0.6 is 22.6 Å². The Hall–Kier alpha value is -0.0831. The molecular formula is C13H19IOSi. The van der Waals surface area contributed by atoms with Gasteiger partial charge in [-0.05, 0) is 41.9 Å². The lowest BCUT2D eigenvalue weighted by molar-refractivity contribution is -0.115. The molecule has 16 heavy (non-hydrogen) atoms. The van der Waals surface area contributed by atoms with Gasteiger partial charge < -0.3 is 0 Å². The fourth-order valence-electron chi connectivity index (χ4n) is 1.65. The average Bonchev–Trinajstić information content (AvgIpc) is 2.17. The van der Waals surface area contributed by atoms with Gasteiger partial charge in [-0.1, -0.05) is 25.2 Å². The van der Waals surface area contributed by atoms with Crippen molar-refractivity contribution >= 4 is 36.4 Å². The molecule has 1 nitrogen and oxygen atoms in total. The van der Waals surface area contributed by atoms with Crippen LogP contribution in [0.4, 0.5) is 0 Å². The highest BCUT2D eigenvalue weighted by molar-refractivity contribution is 14.1. The molecule has 0 saturated heterocycles. The Labute approximate surface area is 113 Å². The molecule has 0 atom stereocenters. The van der Waals surface area contributed by atoms with E-state index < -0.39 is 8.07 Å². The first-order valence-electron chi connectivity index (χ1n) is 5.81. The number of hydrogen-bond acceptors (Lipinski definition) is 1. The third-order valence-corrected chi connectivity index (χ3v) is 4.74. The molecule has 0 unspecified atom stereocenters. The van der Waals surface area contributed by atoms with Crippen molar-refractivity contribution in [2.75, 3.05) is 0 Å². The zero-order valence-corrected chi connectivity index (χ0v) is 13.5. The van der Waals surface area contributed by atoms with Crippen molar-refractivity contribution in [3.63, 3.8) is 0 Å². The van der Waals surface area contributed by atoms with E-state index in [0.29, 0.717) is 5.78 Å². The van der Waals surface area contributed by atoms with E-state index in [-0.39, 0.29) is 0 Å². The SMILES string of the molecule is C[Si](C)(C)C#CCCC1=C(I)C(=O)CCC1. The molecule has 1 rings (SSSR count). The van der Waals surface area contributed by atoms with Crippen molar-refractivity contribution < 1.29 is 4.79 Å². The monoisotopic (exact) mass is 346 g/mol. The predicted octanol–water partition coefficient (Wildman–Crippen LogP) is 4.09. The molecule has 0 radical (unpaired) electrons. The molecule has 0 N–H and O–H groups in total. The molecule has 0 amide bonds. The third kappa shape index (κ3) is 4.83. The standard InChI is InChI=1S/C13H19IOSi/c1-16(2,3)10-5-4-7-11-8-6-9-12(15)13(11)14/h4,6-9H2,1-3H3. The van der Waals surface area contributed by atoms with Crippen LogP contribution in [0.1, 0.15) is 32.1 Å². The fourth-order valence-corrected chi connectivity index (χ4v) is 3.12. The second-order valence-corrected chi connectivity index (χ2v) is 11.1. The van der Waals surface area contributed by atoms with E-state index in [9.17, 15) is 4.79 Å². The first-order valence-corrected chi connectivity index (χ1v) is 10.4. The minimum absolute atomic E-state index is 0.333. The van der Waals surface area contributed by atoms with Crippen molar-refractivity contribution in [2.24, 2.45) is 0 Å². The average molecular weight is 346 g/mol. The molecule has 0 aliphatic heterocycles. The maximum atomic E-state index is 11.5. The van der Waals surface area contributed by atoms with Crippen molar-refractivity contribution in [1.29, 1.82) is 0 Å². The maximum absolute atomic E-state index is 11.5. The molecule has 0 spiro atoms. The summed E-state index contributed by atoms with van der Waals surface area (Å²) < 4.78 is 0.985. The van der Waals surface area contributed by atoms with Gasteiger partial charge in [0.2, 0.25) is 0 Å². The van der Waals surface area contributed by atoms with Gasteiger partial charge >= 0.3 is 0 Å². The minimum atomic E-state index is -1.22. The number of hydrogen-bond donors (Lipinski definition) is 0. The van der Waals surface area contributed by atoms with Crippen LogP contribution in [0.15, 0.2) is 9.15 Å². The molecule has 0 heterocycles. The fraction of sp³-hybridized carbons (Fsp3) is 0.615. The Morgan fingerprint density at radius 1 is 1.31 bits per heavy atom. The molecule has 0 aromatic heterocycles. The summed E-state index contributed by atoms with van der Waals surface area (Å²) in [5.74, 6) is 3.60. The molecule has 1 aliphatic carbocycles. The van der Waals surface area contributed by atoms with Gasteiger partial charge in [-0.15, -0.1) is 11.5 Å². The Morgan fingerprint density at radius 3 is 2.62 bits per heavy atom. The highest BCUT2D eigenvalue weighted by Crippen LogP contribution is 2.29. The Bertz CT molecular complexity index is 366. The van der Waals surface area contributed by atoms with Crippen molar-refractivity contribution in [2.45, 2.75) is 51.7 Å².